The predicted molar refractivity (Wildman–Crippen MR) is 123 cm³/mol. The summed E-state index contributed by atoms with van der Waals surface area (Å²) in [5, 5.41) is 1.13. The number of esters is 1. The molecule has 0 saturated heterocycles. The van der Waals surface area contributed by atoms with Crippen LogP contribution in [0.3, 0.4) is 0 Å². The van der Waals surface area contributed by atoms with Gasteiger partial charge in [0.1, 0.15) is 22.7 Å². The molecule has 0 atom stereocenters. The lowest BCUT2D eigenvalue weighted by molar-refractivity contribution is 0.0735. The molecule has 0 saturated carbocycles. The first-order chi connectivity index (χ1) is 15.9. The van der Waals surface area contributed by atoms with Crippen LogP contribution in [0.5, 0.6) is 5.75 Å². The number of rotatable bonds is 3. The van der Waals surface area contributed by atoms with Crippen LogP contribution in [0.1, 0.15) is 10.4 Å². The van der Waals surface area contributed by atoms with Gasteiger partial charge in [0.25, 0.3) is 0 Å². The highest BCUT2D eigenvalue weighted by molar-refractivity contribution is 9.10. The van der Waals surface area contributed by atoms with Gasteiger partial charge >= 0.3 is 17.2 Å². The number of hydrogen-bond acceptors (Lipinski definition) is 6. The van der Waals surface area contributed by atoms with Crippen LogP contribution < -0.4 is 16.0 Å². The van der Waals surface area contributed by atoms with E-state index < -0.39 is 23.0 Å². The zero-order chi connectivity index (χ0) is 23.1. The second kappa shape index (κ2) is 8.14. The van der Waals surface area contributed by atoms with Gasteiger partial charge in [0.2, 0.25) is 0 Å². The lowest BCUT2D eigenvalue weighted by Gasteiger charge is -2.08. The first-order valence-corrected chi connectivity index (χ1v) is 10.5. The minimum absolute atomic E-state index is 0.117. The maximum absolute atomic E-state index is 13.1. The maximum Gasteiger partial charge on any atom is 0.344 e. The summed E-state index contributed by atoms with van der Waals surface area (Å²) in [5.41, 5.74) is -0.0869. The third-order valence-electron chi connectivity index (χ3n) is 4.99. The molecule has 33 heavy (non-hydrogen) atoms. The summed E-state index contributed by atoms with van der Waals surface area (Å²) in [6, 6.07) is 17.4. The van der Waals surface area contributed by atoms with E-state index in [1.807, 2.05) is 0 Å². The zero-order valence-electron chi connectivity index (χ0n) is 16.6. The van der Waals surface area contributed by atoms with Crippen LogP contribution in [0.15, 0.2) is 95.7 Å². The molecule has 0 aliphatic rings. The van der Waals surface area contributed by atoms with E-state index in [1.54, 1.807) is 30.3 Å². The number of ether oxygens (including phenoxy) is 1. The van der Waals surface area contributed by atoms with Crippen LogP contribution in [0, 0.1) is 5.82 Å². The first kappa shape index (κ1) is 20.8. The van der Waals surface area contributed by atoms with E-state index in [-0.39, 0.29) is 22.5 Å². The van der Waals surface area contributed by atoms with E-state index in [1.165, 1.54) is 30.3 Å². The minimum Gasteiger partial charge on any atom is -0.423 e. The normalized spacial score (nSPS) is 11.1. The Kier molecular flexibility index (Phi) is 5.14. The summed E-state index contributed by atoms with van der Waals surface area (Å²) in [6.07, 6.45) is 0. The fraction of sp³-hybridized carbons (Fsp3) is 0. The van der Waals surface area contributed by atoms with Gasteiger partial charge in [-0.3, -0.25) is 0 Å². The Morgan fingerprint density at radius 2 is 1.61 bits per heavy atom. The molecule has 0 radical (unpaired) electrons. The summed E-state index contributed by atoms with van der Waals surface area (Å²) < 4.78 is 29.9. The standard InChI is InChI=1S/C25H12BrFO6/c26-15-3-8-21-14(9-15)10-20(25(30)33-21)19-12-23(28)32-22-11-17(6-7-18(19)22)31-24(29)13-1-4-16(27)5-2-13/h1-12H. The number of benzene rings is 3. The summed E-state index contributed by atoms with van der Waals surface area (Å²) in [4.78, 5) is 37.2. The van der Waals surface area contributed by atoms with Crippen LogP contribution in [0.4, 0.5) is 4.39 Å². The molecule has 6 nitrogen and oxygen atoms in total. The van der Waals surface area contributed by atoms with Gasteiger partial charge in [0.05, 0.1) is 11.1 Å². The number of hydrogen-bond donors (Lipinski definition) is 0. The highest BCUT2D eigenvalue weighted by Crippen LogP contribution is 2.30. The van der Waals surface area contributed by atoms with Gasteiger partial charge in [0.15, 0.2) is 0 Å². The highest BCUT2D eigenvalue weighted by atomic mass is 79.9. The van der Waals surface area contributed by atoms with E-state index in [9.17, 15) is 18.8 Å². The van der Waals surface area contributed by atoms with Crippen LogP contribution >= 0.6 is 15.9 Å². The van der Waals surface area contributed by atoms with Crippen molar-refractivity contribution in [3.63, 3.8) is 0 Å². The molecule has 0 amide bonds. The molecular formula is C25H12BrFO6. The SMILES string of the molecule is O=C(Oc1ccc2c(-c3cc4cc(Br)ccc4oc3=O)cc(=O)oc2c1)c1ccc(F)cc1. The van der Waals surface area contributed by atoms with Crippen molar-refractivity contribution in [1.82, 2.24) is 0 Å². The number of fused-ring (bicyclic) bond motifs is 2. The Morgan fingerprint density at radius 1 is 0.818 bits per heavy atom. The third-order valence-corrected chi connectivity index (χ3v) is 5.48. The molecule has 8 heteroatoms. The molecule has 2 aromatic heterocycles. The van der Waals surface area contributed by atoms with Gasteiger partial charge in [-0.15, -0.1) is 0 Å². The first-order valence-electron chi connectivity index (χ1n) is 9.67. The van der Waals surface area contributed by atoms with Crippen molar-refractivity contribution in [2.24, 2.45) is 0 Å². The van der Waals surface area contributed by atoms with E-state index in [2.05, 4.69) is 15.9 Å². The third kappa shape index (κ3) is 4.08. The summed E-state index contributed by atoms with van der Waals surface area (Å²) in [7, 11) is 0. The van der Waals surface area contributed by atoms with E-state index in [4.69, 9.17) is 13.6 Å². The second-order valence-electron chi connectivity index (χ2n) is 7.16. The van der Waals surface area contributed by atoms with Gasteiger partial charge in [-0.05, 0) is 60.7 Å². The number of halogens is 2. The number of carbonyl (C=O) groups is 1. The molecule has 5 rings (SSSR count). The predicted octanol–water partition coefficient (Wildman–Crippen LogP) is 5.69. The van der Waals surface area contributed by atoms with Crippen molar-refractivity contribution < 1.29 is 22.8 Å². The van der Waals surface area contributed by atoms with Crippen molar-refractivity contribution >= 4 is 43.8 Å². The van der Waals surface area contributed by atoms with E-state index in [0.29, 0.717) is 21.9 Å². The van der Waals surface area contributed by atoms with Gasteiger partial charge < -0.3 is 13.6 Å². The molecule has 3 aromatic carbocycles. The Morgan fingerprint density at radius 3 is 2.39 bits per heavy atom. The Hall–Kier alpha value is -4.04. The highest BCUT2D eigenvalue weighted by Gasteiger charge is 2.16. The van der Waals surface area contributed by atoms with Crippen LogP contribution in [-0.4, -0.2) is 5.97 Å². The summed E-state index contributed by atoms with van der Waals surface area (Å²) in [6.45, 7) is 0. The van der Waals surface area contributed by atoms with Crippen molar-refractivity contribution in [3.05, 3.63) is 109 Å². The monoisotopic (exact) mass is 506 g/mol. The summed E-state index contributed by atoms with van der Waals surface area (Å²) in [5.74, 6) is -1.06. The molecule has 0 aliphatic heterocycles. The average molecular weight is 507 g/mol. The van der Waals surface area contributed by atoms with E-state index in [0.717, 1.165) is 16.6 Å². The molecular weight excluding hydrogens is 495 g/mol. The van der Waals surface area contributed by atoms with E-state index >= 15 is 0 Å². The van der Waals surface area contributed by atoms with Crippen molar-refractivity contribution in [3.8, 4) is 16.9 Å². The molecule has 0 spiro atoms. The van der Waals surface area contributed by atoms with Gasteiger partial charge in [-0.2, -0.15) is 0 Å². The zero-order valence-corrected chi connectivity index (χ0v) is 18.2. The molecule has 0 unspecified atom stereocenters. The average Bonchev–Trinajstić information content (AvgIpc) is 2.78. The molecule has 162 valence electrons. The maximum atomic E-state index is 13.1. The topological polar surface area (TPSA) is 86.7 Å². The second-order valence-corrected chi connectivity index (χ2v) is 8.08. The quantitative estimate of drug-likeness (QED) is 0.177. The molecule has 0 N–H and O–H groups in total. The van der Waals surface area contributed by atoms with Gasteiger partial charge in [-0.25, -0.2) is 18.8 Å². The molecule has 0 bridgehead atoms. The van der Waals surface area contributed by atoms with Crippen LogP contribution in [-0.2, 0) is 0 Å². The van der Waals surface area contributed by atoms with Crippen molar-refractivity contribution in [1.29, 1.82) is 0 Å². The Labute approximate surface area is 193 Å². The largest absolute Gasteiger partial charge is 0.423 e. The van der Waals surface area contributed by atoms with Gasteiger partial charge in [0, 0.05) is 32.9 Å². The molecule has 0 aliphatic carbocycles. The van der Waals surface area contributed by atoms with Crippen molar-refractivity contribution in [2.45, 2.75) is 0 Å². The van der Waals surface area contributed by atoms with Crippen molar-refractivity contribution in [2.75, 3.05) is 0 Å². The lowest BCUT2D eigenvalue weighted by atomic mass is 10.0. The Balaban J connectivity index is 1.59. The molecule has 0 fully saturated rings. The Bertz CT molecular complexity index is 1670. The van der Waals surface area contributed by atoms with Gasteiger partial charge in [-0.1, -0.05) is 15.9 Å². The molecule has 5 aromatic rings. The lowest BCUT2D eigenvalue weighted by Crippen LogP contribution is -2.09. The summed E-state index contributed by atoms with van der Waals surface area (Å²) >= 11 is 3.39. The fourth-order valence-corrected chi connectivity index (χ4v) is 3.84. The van der Waals surface area contributed by atoms with Crippen LogP contribution in [0.25, 0.3) is 33.1 Å². The number of carbonyl (C=O) groups excluding carboxylic acids is 1. The smallest absolute Gasteiger partial charge is 0.344 e. The fourth-order valence-electron chi connectivity index (χ4n) is 3.46. The minimum atomic E-state index is -0.700. The van der Waals surface area contributed by atoms with Crippen LogP contribution in [0.2, 0.25) is 0 Å². The molecule has 2 heterocycles.